The van der Waals surface area contributed by atoms with E-state index in [0.717, 1.165) is 47.0 Å². The van der Waals surface area contributed by atoms with E-state index in [4.69, 9.17) is 21.8 Å². The smallest absolute Gasteiger partial charge is 0.121 e. The molecule has 0 amide bonds. The van der Waals surface area contributed by atoms with Crippen molar-refractivity contribution in [3.63, 3.8) is 0 Å². The number of hydrogen-bond donors (Lipinski definition) is 0. The Morgan fingerprint density at radius 2 is 1.37 bits per heavy atom. The maximum atomic E-state index is 6.06. The van der Waals surface area contributed by atoms with E-state index in [1.54, 1.807) is 0 Å². The molecule has 0 radical (unpaired) electrons. The molecular formula is C22H25ClN4. The van der Waals surface area contributed by atoms with E-state index in [1.165, 1.54) is 32.4 Å². The SMILES string of the molecule is Clc1ccc(-c2nn(CCCN3CCCCC3)nc2-c2ccccc2)cc1. The van der Waals surface area contributed by atoms with Crippen LogP contribution in [0.4, 0.5) is 0 Å². The van der Waals surface area contributed by atoms with Gasteiger partial charge in [0.05, 0.1) is 6.54 Å². The van der Waals surface area contributed by atoms with Crippen molar-refractivity contribution < 1.29 is 0 Å². The third-order valence-electron chi connectivity index (χ3n) is 5.10. The van der Waals surface area contributed by atoms with Crippen LogP contribution in [-0.4, -0.2) is 39.5 Å². The fourth-order valence-corrected chi connectivity index (χ4v) is 3.79. The molecule has 0 bridgehead atoms. The summed E-state index contributed by atoms with van der Waals surface area (Å²) in [7, 11) is 0. The van der Waals surface area contributed by atoms with Gasteiger partial charge < -0.3 is 4.90 Å². The van der Waals surface area contributed by atoms with Crippen molar-refractivity contribution in [3.05, 3.63) is 59.6 Å². The summed E-state index contributed by atoms with van der Waals surface area (Å²) in [6, 6.07) is 18.1. The molecule has 27 heavy (non-hydrogen) atoms. The molecule has 3 aromatic rings. The van der Waals surface area contributed by atoms with Crippen LogP contribution in [0.25, 0.3) is 22.5 Å². The molecule has 0 atom stereocenters. The first-order valence-corrected chi connectivity index (χ1v) is 10.2. The first-order chi connectivity index (χ1) is 13.3. The second-order valence-electron chi connectivity index (χ2n) is 7.12. The molecule has 4 rings (SSSR count). The Labute approximate surface area is 165 Å². The largest absolute Gasteiger partial charge is 0.303 e. The monoisotopic (exact) mass is 380 g/mol. The number of piperidine rings is 1. The van der Waals surface area contributed by atoms with Crippen LogP contribution in [0, 0.1) is 0 Å². The minimum absolute atomic E-state index is 0.730. The maximum absolute atomic E-state index is 6.06. The first kappa shape index (κ1) is 18.2. The molecule has 0 unspecified atom stereocenters. The summed E-state index contributed by atoms with van der Waals surface area (Å²) < 4.78 is 0. The first-order valence-electron chi connectivity index (χ1n) is 9.78. The predicted octanol–water partition coefficient (Wildman–Crippen LogP) is 5.14. The third-order valence-corrected chi connectivity index (χ3v) is 5.35. The van der Waals surface area contributed by atoms with Gasteiger partial charge in [-0.2, -0.15) is 15.0 Å². The number of hydrogen-bond acceptors (Lipinski definition) is 3. The Bertz CT molecular complexity index is 852. The standard InChI is InChI=1S/C22H25ClN4/c23-20-12-10-19(11-13-20)22-21(18-8-3-1-4-9-18)24-27(25-22)17-7-16-26-14-5-2-6-15-26/h1,3-4,8-13H,2,5-7,14-17H2. The Morgan fingerprint density at radius 1 is 0.741 bits per heavy atom. The van der Waals surface area contributed by atoms with Crippen LogP contribution in [0.2, 0.25) is 5.02 Å². The Morgan fingerprint density at radius 3 is 2.04 bits per heavy atom. The average Bonchev–Trinajstić information content (AvgIpc) is 3.14. The highest BCUT2D eigenvalue weighted by Gasteiger charge is 2.15. The van der Waals surface area contributed by atoms with E-state index in [-0.39, 0.29) is 0 Å². The van der Waals surface area contributed by atoms with Gasteiger partial charge in [0.1, 0.15) is 11.4 Å². The van der Waals surface area contributed by atoms with Crippen LogP contribution in [-0.2, 0) is 6.54 Å². The van der Waals surface area contributed by atoms with Crippen molar-refractivity contribution >= 4 is 11.6 Å². The molecule has 0 N–H and O–H groups in total. The maximum Gasteiger partial charge on any atom is 0.121 e. The van der Waals surface area contributed by atoms with Crippen molar-refractivity contribution in [2.45, 2.75) is 32.2 Å². The molecule has 4 nitrogen and oxygen atoms in total. The highest BCUT2D eigenvalue weighted by Crippen LogP contribution is 2.29. The highest BCUT2D eigenvalue weighted by molar-refractivity contribution is 6.30. The number of rotatable bonds is 6. The Hall–Kier alpha value is -2.17. The molecule has 1 aliphatic rings. The molecule has 5 heteroatoms. The zero-order chi connectivity index (χ0) is 18.5. The number of likely N-dealkylation sites (tertiary alicyclic amines) is 1. The second kappa shape index (κ2) is 8.68. The van der Waals surface area contributed by atoms with Gasteiger partial charge in [0.15, 0.2) is 0 Å². The van der Waals surface area contributed by atoms with E-state index in [2.05, 4.69) is 17.0 Å². The van der Waals surface area contributed by atoms with Gasteiger partial charge in [0, 0.05) is 16.1 Å². The van der Waals surface area contributed by atoms with Crippen LogP contribution in [0.15, 0.2) is 54.6 Å². The van der Waals surface area contributed by atoms with Gasteiger partial charge in [0.25, 0.3) is 0 Å². The molecule has 1 fully saturated rings. The molecule has 2 heterocycles. The molecule has 2 aromatic carbocycles. The summed E-state index contributed by atoms with van der Waals surface area (Å²) >= 11 is 6.06. The van der Waals surface area contributed by atoms with Crippen molar-refractivity contribution in [1.29, 1.82) is 0 Å². The van der Waals surface area contributed by atoms with Crippen LogP contribution < -0.4 is 0 Å². The van der Waals surface area contributed by atoms with Crippen molar-refractivity contribution in [2.24, 2.45) is 0 Å². The quantitative estimate of drug-likeness (QED) is 0.593. The van der Waals surface area contributed by atoms with Gasteiger partial charge >= 0.3 is 0 Å². The summed E-state index contributed by atoms with van der Waals surface area (Å²) in [6.07, 6.45) is 5.11. The predicted molar refractivity (Wildman–Crippen MR) is 111 cm³/mol. The van der Waals surface area contributed by atoms with Gasteiger partial charge in [-0.15, -0.1) is 0 Å². The van der Waals surface area contributed by atoms with Gasteiger partial charge in [0.2, 0.25) is 0 Å². The van der Waals surface area contributed by atoms with Gasteiger partial charge in [-0.3, -0.25) is 0 Å². The van der Waals surface area contributed by atoms with Crippen molar-refractivity contribution in [1.82, 2.24) is 19.9 Å². The highest BCUT2D eigenvalue weighted by atomic mass is 35.5. The van der Waals surface area contributed by atoms with E-state index >= 15 is 0 Å². The minimum atomic E-state index is 0.730. The fraction of sp³-hybridized carbons (Fsp3) is 0.364. The molecule has 0 aliphatic carbocycles. The lowest BCUT2D eigenvalue weighted by Crippen LogP contribution is -2.31. The molecule has 1 aliphatic heterocycles. The molecule has 140 valence electrons. The zero-order valence-corrected chi connectivity index (χ0v) is 16.3. The second-order valence-corrected chi connectivity index (χ2v) is 7.56. The average molecular weight is 381 g/mol. The summed E-state index contributed by atoms with van der Waals surface area (Å²) in [5, 5.41) is 10.4. The Kier molecular flexibility index (Phi) is 5.85. The van der Waals surface area contributed by atoms with E-state index < -0.39 is 0 Å². The van der Waals surface area contributed by atoms with Crippen LogP contribution in [0.5, 0.6) is 0 Å². The van der Waals surface area contributed by atoms with Crippen LogP contribution in [0.1, 0.15) is 25.7 Å². The van der Waals surface area contributed by atoms with Crippen LogP contribution in [0.3, 0.4) is 0 Å². The number of halogens is 1. The lowest BCUT2D eigenvalue weighted by molar-refractivity contribution is 0.220. The van der Waals surface area contributed by atoms with E-state index in [0.29, 0.717) is 0 Å². The molecular weight excluding hydrogens is 356 g/mol. The summed E-state index contributed by atoms with van der Waals surface area (Å²) in [5.74, 6) is 0. The van der Waals surface area contributed by atoms with Gasteiger partial charge in [-0.05, 0) is 51.0 Å². The zero-order valence-electron chi connectivity index (χ0n) is 15.5. The molecule has 0 spiro atoms. The number of aromatic nitrogens is 3. The summed E-state index contributed by atoms with van der Waals surface area (Å²) in [5.41, 5.74) is 3.97. The summed E-state index contributed by atoms with van der Waals surface area (Å²) in [4.78, 5) is 4.42. The third kappa shape index (κ3) is 4.57. The molecule has 0 saturated carbocycles. The van der Waals surface area contributed by atoms with Gasteiger partial charge in [-0.1, -0.05) is 60.5 Å². The number of benzene rings is 2. The van der Waals surface area contributed by atoms with E-state index in [9.17, 15) is 0 Å². The van der Waals surface area contributed by atoms with E-state index in [1.807, 2.05) is 47.3 Å². The molecule has 1 saturated heterocycles. The number of aryl methyl sites for hydroxylation is 1. The lowest BCUT2D eigenvalue weighted by Gasteiger charge is -2.26. The van der Waals surface area contributed by atoms with Crippen molar-refractivity contribution in [2.75, 3.05) is 19.6 Å². The molecule has 1 aromatic heterocycles. The minimum Gasteiger partial charge on any atom is -0.303 e. The van der Waals surface area contributed by atoms with Crippen LogP contribution >= 0.6 is 11.6 Å². The summed E-state index contributed by atoms with van der Waals surface area (Å²) in [6.45, 7) is 4.43. The fourth-order valence-electron chi connectivity index (χ4n) is 3.66. The number of nitrogens with zero attached hydrogens (tertiary/aromatic N) is 4. The topological polar surface area (TPSA) is 34.0 Å². The normalized spacial score (nSPS) is 15.1. The van der Waals surface area contributed by atoms with Gasteiger partial charge in [-0.25, -0.2) is 0 Å². The van der Waals surface area contributed by atoms with Crippen molar-refractivity contribution in [3.8, 4) is 22.5 Å². The lowest BCUT2D eigenvalue weighted by atomic mass is 10.1. The Balaban J connectivity index is 1.54.